The Labute approximate surface area is 79.7 Å². The van der Waals surface area contributed by atoms with Crippen molar-refractivity contribution in [2.75, 3.05) is 6.61 Å². The van der Waals surface area contributed by atoms with Gasteiger partial charge >= 0.3 is 6.16 Å². The Morgan fingerprint density at radius 1 is 1.54 bits per heavy atom. The van der Waals surface area contributed by atoms with Crippen LogP contribution in [0.5, 0.6) is 0 Å². The Kier molecular flexibility index (Phi) is 5.19. The summed E-state index contributed by atoms with van der Waals surface area (Å²) in [6, 6.07) is 0. The molecule has 0 aromatic heterocycles. The van der Waals surface area contributed by atoms with E-state index in [-0.39, 0.29) is 0 Å². The molecule has 0 aromatic carbocycles. The van der Waals surface area contributed by atoms with E-state index in [9.17, 15) is 4.79 Å². The maximum Gasteiger partial charge on any atom is 0.509 e. The number of carbonyl (C=O) groups is 1. The van der Waals surface area contributed by atoms with Crippen LogP contribution in [0.15, 0.2) is 12.7 Å². The molecule has 0 aromatic rings. The van der Waals surface area contributed by atoms with Crippen LogP contribution in [0.1, 0.15) is 33.6 Å². The molecule has 0 bridgehead atoms. The fraction of sp³-hybridized carbons (Fsp3) is 0.700. The molecule has 0 saturated carbocycles. The highest BCUT2D eigenvalue weighted by Gasteiger charge is 2.19. The summed E-state index contributed by atoms with van der Waals surface area (Å²) in [7, 11) is 0. The van der Waals surface area contributed by atoms with Gasteiger partial charge in [0.1, 0.15) is 5.60 Å². The fourth-order valence-electron chi connectivity index (χ4n) is 0.586. The second-order valence-electron chi connectivity index (χ2n) is 3.36. The standard InChI is InChI=1S/C10H18O3/c1-5-7-8-12-9(11)13-10(3,4)6-2/h6H,2,5,7-8H2,1,3-4H3. The van der Waals surface area contributed by atoms with Gasteiger partial charge in [-0.05, 0) is 26.3 Å². The van der Waals surface area contributed by atoms with Crippen molar-refractivity contribution >= 4 is 6.16 Å². The van der Waals surface area contributed by atoms with Crippen LogP contribution in [-0.4, -0.2) is 18.4 Å². The summed E-state index contributed by atoms with van der Waals surface area (Å²) in [4.78, 5) is 11.0. The number of unbranched alkanes of at least 4 members (excludes halogenated alkanes) is 1. The maximum absolute atomic E-state index is 11.0. The highest BCUT2D eigenvalue weighted by Crippen LogP contribution is 2.10. The highest BCUT2D eigenvalue weighted by molar-refractivity contribution is 5.60. The van der Waals surface area contributed by atoms with Crippen molar-refractivity contribution in [2.24, 2.45) is 0 Å². The molecule has 0 N–H and O–H groups in total. The summed E-state index contributed by atoms with van der Waals surface area (Å²) >= 11 is 0. The lowest BCUT2D eigenvalue weighted by Gasteiger charge is -2.19. The summed E-state index contributed by atoms with van der Waals surface area (Å²) in [6.45, 7) is 9.50. The van der Waals surface area contributed by atoms with Crippen molar-refractivity contribution in [3.05, 3.63) is 12.7 Å². The summed E-state index contributed by atoms with van der Waals surface area (Å²) in [5, 5.41) is 0. The van der Waals surface area contributed by atoms with E-state index in [0.717, 1.165) is 12.8 Å². The van der Waals surface area contributed by atoms with Crippen LogP contribution in [0, 0.1) is 0 Å². The topological polar surface area (TPSA) is 35.5 Å². The van der Waals surface area contributed by atoms with Crippen LogP contribution < -0.4 is 0 Å². The van der Waals surface area contributed by atoms with Crippen molar-refractivity contribution in [1.82, 2.24) is 0 Å². The molecule has 76 valence electrons. The first-order chi connectivity index (χ1) is 6.02. The molecule has 0 spiro atoms. The Morgan fingerprint density at radius 2 is 2.15 bits per heavy atom. The average Bonchev–Trinajstić information content (AvgIpc) is 2.04. The summed E-state index contributed by atoms with van der Waals surface area (Å²) < 4.78 is 9.77. The van der Waals surface area contributed by atoms with E-state index < -0.39 is 11.8 Å². The van der Waals surface area contributed by atoms with E-state index in [1.165, 1.54) is 0 Å². The van der Waals surface area contributed by atoms with E-state index in [0.29, 0.717) is 6.61 Å². The molecule has 0 heterocycles. The number of rotatable bonds is 5. The van der Waals surface area contributed by atoms with Gasteiger partial charge in [-0.1, -0.05) is 19.9 Å². The Morgan fingerprint density at radius 3 is 2.62 bits per heavy atom. The third-order valence-corrected chi connectivity index (χ3v) is 1.56. The van der Waals surface area contributed by atoms with Gasteiger partial charge in [0.25, 0.3) is 0 Å². The van der Waals surface area contributed by atoms with Gasteiger partial charge in [-0.2, -0.15) is 0 Å². The molecule has 0 rings (SSSR count). The molecule has 0 fully saturated rings. The van der Waals surface area contributed by atoms with Gasteiger partial charge in [-0.25, -0.2) is 4.79 Å². The largest absolute Gasteiger partial charge is 0.509 e. The van der Waals surface area contributed by atoms with Gasteiger partial charge in [-0.15, -0.1) is 0 Å². The average molecular weight is 186 g/mol. The Balaban J connectivity index is 3.68. The smallest absolute Gasteiger partial charge is 0.434 e. The molecular formula is C10H18O3. The molecular weight excluding hydrogens is 168 g/mol. The SMILES string of the molecule is C=CC(C)(C)OC(=O)OCCCC. The van der Waals surface area contributed by atoms with Gasteiger partial charge < -0.3 is 9.47 Å². The summed E-state index contributed by atoms with van der Waals surface area (Å²) in [5.74, 6) is 0. The van der Waals surface area contributed by atoms with Gasteiger partial charge in [0.2, 0.25) is 0 Å². The maximum atomic E-state index is 11.0. The second kappa shape index (κ2) is 5.62. The molecule has 3 heteroatoms. The van der Waals surface area contributed by atoms with E-state index >= 15 is 0 Å². The zero-order chi connectivity index (χ0) is 10.3. The number of hydrogen-bond donors (Lipinski definition) is 0. The highest BCUT2D eigenvalue weighted by atomic mass is 16.7. The molecule has 0 amide bonds. The van der Waals surface area contributed by atoms with Crippen molar-refractivity contribution < 1.29 is 14.3 Å². The minimum absolute atomic E-state index is 0.419. The van der Waals surface area contributed by atoms with E-state index in [4.69, 9.17) is 9.47 Å². The number of ether oxygens (including phenoxy) is 2. The van der Waals surface area contributed by atoms with Crippen LogP contribution in [0.4, 0.5) is 4.79 Å². The van der Waals surface area contributed by atoms with E-state index in [1.807, 2.05) is 6.92 Å². The van der Waals surface area contributed by atoms with Crippen LogP contribution >= 0.6 is 0 Å². The van der Waals surface area contributed by atoms with Crippen molar-refractivity contribution in [3.63, 3.8) is 0 Å². The van der Waals surface area contributed by atoms with Gasteiger partial charge in [0.15, 0.2) is 0 Å². The third kappa shape index (κ3) is 6.20. The minimum Gasteiger partial charge on any atom is -0.434 e. The van der Waals surface area contributed by atoms with Gasteiger partial charge in [0.05, 0.1) is 6.61 Å². The zero-order valence-corrected chi connectivity index (χ0v) is 8.63. The molecule has 0 atom stereocenters. The lowest BCUT2D eigenvalue weighted by Crippen LogP contribution is -2.25. The normalized spacial score (nSPS) is 10.7. The predicted octanol–water partition coefficient (Wildman–Crippen LogP) is 2.90. The fourth-order valence-corrected chi connectivity index (χ4v) is 0.586. The van der Waals surface area contributed by atoms with E-state index in [2.05, 4.69) is 6.58 Å². The van der Waals surface area contributed by atoms with Crippen molar-refractivity contribution in [1.29, 1.82) is 0 Å². The molecule has 0 aliphatic carbocycles. The molecule has 0 aliphatic heterocycles. The van der Waals surface area contributed by atoms with E-state index in [1.54, 1.807) is 19.9 Å². The van der Waals surface area contributed by atoms with Crippen LogP contribution in [-0.2, 0) is 9.47 Å². The van der Waals surface area contributed by atoms with Crippen LogP contribution in [0.25, 0.3) is 0 Å². The predicted molar refractivity (Wildman–Crippen MR) is 51.6 cm³/mol. The Bertz CT molecular complexity index is 173. The lowest BCUT2D eigenvalue weighted by atomic mass is 10.1. The molecule has 3 nitrogen and oxygen atoms in total. The zero-order valence-electron chi connectivity index (χ0n) is 8.63. The molecule has 0 aliphatic rings. The second-order valence-corrected chi connectivity index (χ2v) is 3.36. The number of hydrogen-bond acceptors (Lipinski definition) is 3. The van der Waals surface area contributed by atoms with Crippen LogP contribution in [0.3, 0.4) is 0 Å². The van der Waals surface area contributed by atoms with Gasteiger partial charge in [-0.3, -0.25) is 0 Å². The summed E-state index contributed by atoms with van der Waals surface area (Å²) in [5.41, 5.74) is -0.650. The molecule has 0 saturated heterocycles. The first-order valence-electron chi connectivity index (χ1n) is 4.51. The molecule has 0 unspecified atom stereocenters. The van der Waals surface area contributed by atoms with Gasteiger partial charge in [0, 0.05) is 0 Å². The monoisotopic (exact) mass is 186 g/mol. The quantitative estimate of drug-likeness (QED) is 0.376. The number of carbonyl (C=O) groups excluding carboxylic acids is 1. The molecule has 13 heavy (non-hydrogen) atoms. The van der Waals surface area contributed by atoms with Crippen LogP contribution in [0.2, 0.25) is 0 Å². The Hall–Kier alpha value is -0.990. The van der Waals surface area contributed by atoms with Crippen molar-refractivity contribution in [3.8, 4) is 0 Å². The lowest BCUT2D eigenvalue weighted by molar-refractivity contribution is 0.00551. The first-order valence-corrected chi connectivity index (χ1v) is 4.51. The first kappa shape index (κ1) is 12.0. The van der Waals surface area contributed by atoms with Crippen molar-refractivity contribution in [2.45, 2.75) is 39.2 Å². The summed E-state index contributed by atoms with van der Waals surface area (Å²) in [6.07, 6.45) is 2.80. The minimum atomic E-state index is -0.650. The third-order valence-electron chi connectivity index (χ3n) is 1.56. The molecule has 0 radical (unpaired) electrons.